The summed E-state index contributed by atoms with van der Waals surface area (Å²) in [7, 11) is 0. The molecule has 5 heteroatoms. The summed E-state index contributed by atoms with van der Waals surface area (Å²) in [5.74, 6) is -1.00. The van der Waals surface area contributed by atoms with E-state index < -0.39 is 5.97 Å². The number of hydrogen-bond acceptors (Lipinski definition) is 3. The van der Waals surface area contributed by atoms with Crippen LogP contribution in [0.5, 0.6) is 0 Å². The Morgan fingerprint density at radius 1 is 0.850 bits per heavy atom. The van der Waals surface area contributed by atoms with Crippen LogP contribution in [0.3, 0.4) is 0 Å². The number of carbonyl (C=O) groups excluding carboxylic acids is 2. The molecule has 0 aliphatic heterocycles. The van der Waals surface area contributed by atoms with Gasteiger partial charge in [0.1, 0.15) is 5.78 Å². The van der Waals surface area contributed by atoms with E-state index in [9.17, 15) is 14.4 Å². The number of Topliss-reactive ketones (excluding diaryl/α,β-unsaturated/α-hetero) is 1. The fraction of sp³-hybridized carbons (Fsp3) is 0.800. The highest BCUT2D eigenvalue weighted by molar-refractivity contribution is 5.96. The van der Waals surface area contributed by atoms with Gasteiger partial charge in [0, 0.05) is 13.0 Å². The first kappa shape index (κ1) is 18.6. The molecule has 0 heterocycles. The van der Waals surface area contributed by atoms with Crippen molar-refractivity contribution < 1.29 is 19.5 Å². The smallest absolute Gasteiger partial charge is 0.303 e. The lowest BCUT2D eigenvalue weighted by Crippen LogP contribution is -2.25. The first-order valence-electron chi connectivity index (χ1n) is 7.50. The second kappa shape index (κ2) is 12.6. The van der Waals surface area contributed by atoms with E-state index in [0.29, 0.717) is 6.54 Å². The first-order chi connectivity index (χ1) is 9.52. The molecule has 0 aromatic rings. The molecule has 0 aromatic carbocycles. The van der Waals surface area contributed by atoms with Crippen molar-refractivity contribution >= 4 is 17.7 Å². The van der Waals surface area contributed by atoms with Crippen LogP contribution in [0.25, 0.3) is 0 Å². The van der Waals surface area contributed by atoms with Gasteiger partial charge in [0.25, 0.3) is 0 Å². The number of carbonyl (C=O) groups is 3. The maximum atomic E-state index is 11.2. The van der Waals surface area contributed by atoms with Crippen molar-refractivity contribution in [2.24, 2.45) is 0 Å². The summed E-state index contributed by atoms with van der Waals surface area (Å²) in [4.78, 5) is 32.1. The van der Waals surface area contributed by atoms with E-state index in [1.54, 1.807) is 0 Å². The monoisotopic (exact) mass is 285 g/mol. The van der Waals surface area contributed by atoms with Gasteiger partial charge in [-0.15, -0.1) is 0 Å². The van der Waals surface area contributed by atoms with Crippen molar-refractivity contribution in [3.8, 4) is 0 Å². The standard InChI is InChI=1S/C15H27NO4/c1-13(17)12-14(18)16-11-9-7-5-3-2-4-6-8-10-15(19)20/h2-12H2,1H3,(H,16,18)(H,19,20). The molecule has 0 unspecified atom stereocenters. The average Bonchev–Trinajstić information content (AvgIpc) is 2.34. The number of amides is 1. The summed E-state index contributed by atoms with van der Waals surface area (Å²) in [6.45, 7) is 2.06. The van der Waals surface area contributed by atoms with E-state index in [0.717, 1.165) is 51.4 Å². The van der Waals surface area contributed by atoms with E-state index in [4.69, 9.17) is 5.11 Å². The lowest BCUT2D eigenvalue weighted by molar-refractivity contribution is -0.137. The Kier molecular flexibility index (Phi) is 11.8. The number of ketones is 1. The second-order valence-corrected chi connectivity index (χ2v) is 5.20. The van der Waals surface area contributed by atoms with Crippen LogP contribution in [0.4, 0.5) is 0 Å². The van der Waals surface area contributed by atoms with E-state index in [-0.39, 0.29) is 24.5 Å². The Morgan fingerprint density at radius 3 is 1.85 bits per heavy atom. The number of hydrogen-bond donors (Lipinski definition) is 2. The molecule has 0 saturated carbocycles. The first-order valence-corrected chi connectivity index (χ1v) is 7.50. The molecular formula is C15H27NO4. The largest absolute Gasteiger partial charge is 0.481 e. The average molecular weight is 285 g/mol. The molecule has 116 valence electrons. The van der Waals surface area contributed by atoms with Gasteiger partial charge in [0.15, 0.2) is 0 Å². The minimum Gasteiger partial charge on any atom is -0.481 e. The maximum absolute atomic E-state index is 11.2. The van der Waals surface area contributed by atoms with Crippen LogP contribution >= 0.6 is 0 Å². The van der Waals surface area contributed by atoms with Gasteiger partial charge in [-0.05, 0) is 19.8 Å². The summed E-state index contributed by atoms with van der Waals surface area (Å²) in [5.41, 5.74) is 0. The van der Waals surface area contributed by atoms with Crippen molar-refractivity contribution in [1.29, 1.82) is 0 Å². The fourth-order valence-corrected chi connectivity index (χ4v) is 1.98. The number of aliphatic carboxylic acids is 1. The molecule has 2 N–H and O–H groups in total. The van der Waals surface area contributed by atoms with Crippen LogP contribution in [0.1, 0.15) is 71.1 Å². The quantitative estimate of drug-likeness (QED) is 0.402. The summed E-state index contributed by atoms with van der Waals surface area (Å²) in [6.07, 6.45) is 8.61. The van der Waals surface area contributed by atoms with Gasteiger partial charge in [-0.1, -0.05) is 38.5 Å². The Hall–Kier alpha value is -1.39. The molecule has 1 amide bonds. The van der Waals surface area contributed by atoms with Crippen molar-refractivity contribution in [2.75, 3.05) is 6.54 Å². The number of rotatable bonds is 13. The van der Waals surface area contributed by atoms with Crippen molar-refractivity contribution in [3.63, 3.8) is 0 Å². The highest BCUT2D eigenvalue weighted by atomic mass is 16.4. The lowest BCUT2D eigenvalue weighted by Gasteiger charge is -2.04. The molecule has 20 heavy (non-hydrogen) atoms. The van der Waals surface area contributed by atoms with Crippen molar-refractivity contribution in [1.82, 2.24) is 5.32 Å². The zero-order valence-corrected chi connectivity index (χ0v) is 12.5. The Bertz CT molecular complexity index is 302. The minimum absolute atomic E-state index is 0.0175. The molecule has 0 saturated heterocycles. The van der Waals surface area contributed by atoms with Crippen molar-refractivity contribution in [2.45, 2.75) is 71.1 Å². The molecule has 0 aliphatic carbocycles. The van der Waals surface area contributed by atoms with Crippen molar-refractivity contribution in [3.05, 3.63) is 0 Å². The third-order valence-corrected chi connectivity index (χ3v) is 3.05. The summed E-state index contributed by atoms with van der Waals surface area (Å²) in [5, 5.41) is 11.2. The Labute approximate surface area is 121 Å². The maximum Gasteiger partial charge on any atom is 0.303 e. The zero-order chi connectivity index (χ0) is 15.2. The summed E-state index contributed by atoms with van der Waals surface area (Å²) < 4.78 is 0. The van der Waals surface area contributed by atoms with Crippen LogP contribution in [-0.2, 0) is 14.4 Å². The molecular weight excluding hydrogens is 258 g/mol. The van der Waals surface area contributed by atoms with Gasteiger partial charge in [-0.2, -0.15) is 0 Å². The topological polar surface area (TPSA) is 83.5 Å². The summed E-state index contributed by atoms with van der Waals surface area (Å²) >= 11 is 0. The van der Waals surface area contributed by atoms with Crippen LogP contribution in [0.2, 0.25) is 0 Å². The molecule has 5 nitrogen and oxygen atoms in total. The van der Waals surface area contributed by atoms with Crippen LogP contribution in [0, 0.1) is 0 Å². The lowest BCUT2D eigenvalue weighted by atomic mass is 10.1. The van der Waals surface area contributed by atoms with Crippen LogP contribution < -0.4 is 5.32 Å². The van der Waals surface area contributed by atoms with Gasteiger partial charge in [-0.25, -0.2) is 0 Å². The SMILES string of the molecule is CC(=O)CC(=O)NCCCCCCCCCCC(=O)O. The molecule has 0 atom stereocenters. The molecule has 0 rings (SSSR count). The van der Waals surface area contributed by atoms with Gasteiger partial charge in [0.2, 0.25) is 5.91 Å². The van der Waals surface area contributed by atoms with Gasteiger partial charge in [-0.3, -0.25) is 14.4 Å². The molecule has 0 fully saturated rings. The summed E-state index contributed by atoms with van der Waals surface area (Å²) in [6, 6.07) is 0. The fourth-order valence-electron chi connectivity index (χ4n) is 1.98. The molecule has 0 bridgehead atoms. The van der Waals surface area contributed by atoms with Gasteiger partial charge < -0.3 is 10.4 Å². The second-order valence-electron chi connectivity index (χ2n) is 5.20. The number of nitrogens with one attached hydrogen (secondary N) is 1. The number of carboxylic acid groups (broad SMARTS) is 1. The molecule has 0 aromatic heterocycles. The van der Waals surface area contributed by atoms with E-state index in [1.165, 1.54) is 6.92 Å². The minimum atomic E-state index is -0.711. The highest BCUT2D eigenvalue weighted by Gasteiger charge is 2.03. The highest BCUT2D eigenvalue weighted by Crippen LogP contribution is 2.09. The molecule has 0 aliphatic rings. The predicted octanol–water partition coefficient (Wildman–Crippen LogP) is 2.68. The van der Waals surface area contributed by atoms with Crippen LogP contribution in [0.15, 0.2) is 0 Å². The van der Waals surface area contributed by atoms with Gasteiger partial charge in [0.05, 0.1) is 6.42 Å². The van der Waals surface area contributed by atoms with Crippen LogP contribution in [-0.4, -0.2) is 29.3 Å². The third-order valence-electron chi connectivity index (χ3n) is 3.05. The Morgan fingerprint density at radius 2 is 1.35 bits per heavy atom. The van der Waals surface area contributed by atoms with E-state index in [2.05, 4.69) is 5.32 Å². The van der Waals surface area contributed by atoms with Gasteiger partial charge >= 0.3 is 5.97 Å². The molecule has 0 radical (unpaired) electrons. The third kappa shape index (κ3) is 14.7. The number of unbranched alkanes of at least 4 members (excludes halogenated alkanes) is 7. The van der Waals surface area contributed by atoms with E-state index in [1.807, 2.05) is 0 Å². The van der Waals surface area contributed by atoms with E-state index >= 15 is 0 Å². The zero-order valence-electron chi connectivity index (χ0n) is 12.5. The normalized spacial score (nSPS) is 10.2. The Balaban J connectivity index is 3.15. The number of carboxylic acids is 1. The molecule has 0 spiro atoms. The predicted molar refractivity (Wildman–Crippen MR) is 77.5 cm³/mol.